The molecule has 0 unspecified atom stereocenters. The third kappa shape index (κ3) is 5.18. The molecule has 7 nitrogen and oxygen atoms in total. The van der Waals surface area contributed by atoms with E-state index >= 15 is 0 Å². The summed E-state index contributed by atoms with van der Waals surface area (Å²) in [5.41, 5.74) is 1.83. The zero-order valence-corrected chi connectivity index (χ0v) is 19.5. The highest BCUT2D eigenvalue weighted by molar-refractivity contribution is 7.92. The Morgan fingerprint density at radius 3 is 2.31 bits per heavy atom. The largest absolute Gasteiger partial charge is 0.497 e. The molecule has 4 rings (SSSR count). The lowest BCUT2D eigenvalue weighted by Crippen LogP contribution is -2.48. The molecule has 3 aromatic rings. The fourth-order valence-electron chi connectivity index (χ4n) is 3.62. The van der Waals surface area contributed by atoms with Gasteiger partial charge in [-0.1, -0.05) is 30.3 Å². The molecule has 2 heterocycles. The van der Waals surface area contributed by atoms with Crippen LogP contribution in [0.25, 0.3) is 11.8 Å². The Bertz CT molecular complexity index is 1220. The molecule has 2 aromatic carbocycles. The lowest BCUT2D eigenvalue weighted by molar-refractivity contribution is 0.152. The standard InChI is InChI=1S/C23H26N4O3S2/c1-30-22-9-7-21(8-10-22)27-17-14-25(23(27)31)19-24-12-15-26(16-13-24)32(28,29)18-11-20-5-3-2-4-6-20/h2-11,14,17-18H,12-13,15-16,19H2,1H3/b18-11+. The van der Waals surface area contributed by atoms with Crippen molar-refractivity contribution in [2.75, 3.05) is 33.3 Å². The first kappa shape index (κ1) is 22.5. The molecule has 0 atom stereocenters. The van der Waals surface area contributed by atoms with Gasteiger partial charge in [-0.25, -0.2) is 8.42 Å². The molecule has 1 aliphatic heterocycles. The van der Waals surface area contributed by atoms with E-state index in [1.54, 1.807) is 13.2 Å². The van der Waals surface area contributed by atoms with Gasteiger partial charge in [0.25, 0.3) is 0 Å². The predicted molar refractivity (Wildman–Crippen MR) is 129 cm³/mol. The number of ether oxygens (including phenoxy) is 1. The lowest BCUT2D eigenvalue weighted by atomic mass is 10.2. The molecule has 32 heavy (non-hydrogen) atoms. The average Bonchev–Trinajstić information content (AvgIpc) is 3.19. The molecule has 1 fully saturated rings. The molecule has 1 aromatic heterocycles. The molecule has 9 heteroatoms. The Hall–Kier alpha value is -2.72. The van der Waals surface area contributed by atoms with E-state index in [4.69, 9.17) is 17.0 Å². The average molecular weight is 471 g/mol. The number of aromatic nitrogens is 2. The zero-order chi connectivity index (χ0) is 22.6. The molecule has 0 amide bonds. The van der Waals surface area contributed by atoms with Crippen molar-refractivity contribution >= 4 is 28.3 Å². The molecule has 0 N–H and O–H groups in total. The van der Waals surface area contributed by atoms with Crippen molar-refractivity contribution in [1.82, 2.24) is 18.3 Å². The normalized spacial score (nSPS) is 15.9. The molecule has 0 bridgehead atoms. The molecule has 1 saturated heterocycles. The lowest BCUT2D eigenvalue weighted by Gasteiger charge is -2.33. The number of rotatable bonds is 7. The molecule has 0 spiro atoms. The fourth-order valence-corrected chi connectivity index (χ4v) is 5.07. The Morgan fingerprint density at radius 1 is 0.969 bits per heavy atom. The van der Waals surface area contributed by atoms with Crippen LogP contribution in [0.3, 0.4) is 0 Å². The Labute approximate surface area is 193 Å². The van der Waals surface area contributed by atoms with Gasteiger partial charge >= 0.3 is 0 Å². The van der Waals surface area contributed by atoms with Crippen molar-refractivity contribution in [1.29, 1.82) is 0 Å². The van der Waals surface area contributed by atoms with Crippen LogP contribution in [0.15, 0.2) is 72.4 Å². The summed E-state index contributed by atoms with van der Waals surface area (Å²) in [4.78, 5) is 2.21. The van der Waals surface area contributed by atoms with Crippen molar-refractivity contribution in [2.45, 2.75) is 6.67 Å². The Kier molecular flexibility index (Phi) is 6.90. The van der Waals surface area contributed by atoms with E-state index in [2.05, 4.69) is 4.90 Å². The van der Waals surface area contributed by atoms with Gasteiger partial charge in [0.15, 0.2) is 4.77 Å². The molecule has 0 radical (unpaired) electrons. The fraction of sp³-hybridized carbons (Fsp3) is 0.261. The Morgan fingerprint density at radius 2 is 1.66 bits per heavy atom. The predicted octanol–water partition coefficient (Wildman–Crippen LogP) is 3.59. The molecule has 168 valence electrons. The van der Waals surface area contributed by atoms with Gasteiger partial charge < -0.3 is 9.30 Å². The van der Waals surface area contributed by atoms with Gasteiger partial charge in [-0.2, -0.15) is 4.31 Å². The molecule has 0 saturated carbocycles. The number of hydrogen-bond donors (Lipinski definition) is 0. The third-order valence-electron chi connectivity index (χ3n) is 5.47. The number of imidazole rings is 1. The summed E-state index contributed by atoms with van der Waals surface area (Å²) in [5.74, 6) is 0.797. The van der Waals surface area contributed by atoms with Crippen LogP contribution in [0.1, 0.15) is 5.56 Å². The van der Waals surface area contributed by atoms with Crippen LogP contribution in [0.2, 0.25) is 0 Å². The highest BCUT2D eigenvalue weighted by Gasteiger charge is 2.25. The smallest absolute Gasteiger partial charge is 0.236 e. The summed E-state index contributed by atoms with van der Waals surface area (Å²) < 4.78 is 36.7. The van der Waals surface area contributed by atoms with Gasteiger partial charge in [-0.05, 0) is 48.1 Å². The first-order chi connectivity index (χ1) is 15.5. The van der Waals surface area contributed by atoms with E-state index in [1.807, 2.05) is 76.1 Å². The quantitative estimate of drug-likeness (QED) is 0.494. The van der Waals surface area contributed by atoms with Crippen molar-refractivity contribution in [2.24, 2.45) is 0 Å². The summed E-state index contributed by atoms with van der Waals surface area (Å²) >= 11 is 5.65. The first-order valence-corrected chi connectivity index (χ1v) is 12.3. The Balaban J connectivity index is 1.36. The number of benzene rings is 2. The minimum atomic E-state index is -3.44. The van der Waals surface area contributed by atoms with Gasteiger partial charge in [-0.3, -0.25) is 9.47 Å². The molecular weight excluding hydrogens is 444 g/mol. The van der Waals surface area contributed by atoms with Crippen LogP contribution in [0.4, 0.5) is 0 Å². The summed E-state index contributed by atoms with van der Waals surface area (Å²) in [5, 5.41) is 1.29. The van der Waals surface area contributed by atoms with Crippen molar-refractivity contribution in [3.8, 4) is 11.4 Å². The van der Waals surface area contributed by atoms with Gasteiger partial charge in [0.1, 0.15) is 5.75 Å². The zero-order valence-electron chi connectivity index (χ0n) is 17.9. The van der Waals surface area contributed by atoms with Crippen LogP contribution >= 0.6 is 12.2 Å². The molecule has 0 aliphatic carbocycles. The summed E-state index contributed by atoms with van der Waals surface area (Å²) in [6, 6.07) is 17.2. The molecule has 1 aliphatic rings. The van der Waals surface area contributed by atoms with Gasteiger partial charge in [0.05, 0.1) is 13.8 Å². The third-order valence-corrected chi connectivity index (χ3v) is 7.47. The van der Waals surface area contributed by atoms with Crippen molar-refractivity contribution in [3.63, 3.8) is 0 Å². The van der Waals surface area contributed by atoms with Gasteiger partial charge in [-0.15, -0.1) is 0 Å². The second kappa shape index (κ2) is 9.83. The number of nitrogens with zero attached hydrogens (tertiary/aromatic N) is 4. The van der Waals surface area contributed by atoms with Crippen molar-refractivity contribution in [3.05, 3.63) is 82.7 Å². The second-order valence-electron chi connectivity index (χ2n) is 7.54. The van der Waals surface area contributed by atoms with E-state index in [0.29, 0.717) is 37.6 Å². The van der Waals surface area contributed by atoms with E-state index in [1.165, 1.54) is 9.71 Å². The summed E-state index contributed by atoms with van der Waals surface area (Å²) in [6.07, 6.45) is 5.54. The van der Waals surface area contributed by atoms with E-state index in [9.17, 15) is 8.42 Å². The first-order valence-electron chi connectivity index (χ1n) is 10.3. The van der Waals surface area contributed by atoms with Gasteiger partial charge in [0.2, 0.25) is 10.0 Å². The number of sulfonamides is 1. The summed E-state index contributed by atoms with van der Waals surface area (Å²) in [6.45, 7) is 2.82. The van der Waals surface area contributed by atoms with Crippen LogP contribution in [-0.2, 0) is 16.7 Å². The second-order valence-corrected chi connectivity index (χ2v) is 9.72. The molecular formula is C23H26N4O3S2. The topological polar surface area (TPSA) is 59.7 Å². The van der Waals surface area contributed by atoms with Crippen LogP contribution in [-0.4, -0.2) is 60.0 Å². The maximum atomic E-state index is 12.7. The summed E-state index contributed by atoms with van der Waals surface area (Å²) in [7, 11) is -1.80. The minimum absolute atomic E-state index is 0.452. The SMILES string of the molecule is COc1ccc(-n2ccn(CN3CCN(S(=O)(=O)/C=C/c4ccccc4)CC3)c2=S)cc1. The van der Waals surface area contributed by atoms with Crippen LogP contribution in [0, 0.1) is 4.77 Å². The number of methoxy groups -OCH3 is 1. The highest BCUT2D eigenvalue weighted by Crippen LogP contribution is 2.17. The van der Waals surface area contributed by atoms with E-state index < -0.39 is 10.0 Å². The van der Waals surface area contributed by atoms with Crippen molar-refractivity contribution < 1.29 is 13.2 Å². The number of piperazine rings is 1. The number of hydrogen-bond acceptors (Lipinski definition) is 5. The maximum Gasteiger partial charge on any atom is 0.236 e. The van der Waals surface area contributed by atoms with Gasteiger partial charge in [0, 0.05) is 49.7 Å². The minimum Gasteiger partial charge on any atom is -0.497 e. The van der Waals surface area contributed by atoms with Crippen LogP contribution < -0.4 is 4.74 Å². The van der Waals surface area contributed by atoms with E-state index in [-0.39, 0.29) is 0 Å². The maximum absolute atomic E-state index is 12.7. The van der Waals surface area contributed by atoms with E-state index in [0.717, 1.165) is 17.0 Å². The monoisotopic (exact) mass is 470 g/mol. The highest BCUT2D eigenvalue weighted by atomic mass is 32.2. The van der Waals surface area contributed by atoms with Crippen LogP contribution in [0.5, 0.6) is 5.75 Å².